The predicted octanol–water partition coefficient (Wildman–Crippen LogP) is 4.94. The minimum Gasteiger partial charge on any atom is -0.497 e. The summed E-state index contributed by atoms with van der Waals surface area (Å²) in [5.41, 5.74) is 3.39. The maximum Gasteiger partial charge on any atom is 0.119 e. The third kappa shape index (κ3) is 2.98. The van der Waals surface area contributed by atoms with Crippen molar-refractivity contribution in [3.8, 4) is 5.75 Å². The smallest absolute Gasteiger partial charge is 0.119 e. The summed E-state index contributed by atoms with van der Waals surface area (Å²) in [7, 11) is 1.67. The molecule has 0 bridgehead atoms. The number of halogens is 2. The fourth-order valence-electron chi connectivity index (χ4n) is 1.87. The number of hydrogen-bond acceptors (Lipinski definition) is 1. The van der Waals surface area contributed by atoms with E-state index in [0.717, 1.165) is 22.4 Å². The quantitative estimate of drug-likeness (QED) is 0.548. The predicted molar refractivity (Wildman–Crippen MR) is 84.6 cm³/mol. The van der Waals surface area contributed by atoms with Crippen LogP contribution in [0.3, 0.4) is 0 Å². The van der Waals surface area contributed by atoms with E-state index in [0.29, 0.717) is 0 Å². The van der Waals surface area contributed by atoms with E-state index in [9.17, 15) is 0 Å². The number of benzene rings is 2. The van der Waals surface area contributed by atoms with Crippen molar-refractivity contribution in [3.05, 3.63) is 62.7 Å². The van der Waals surface area contributed by atoms with Gasteiger partial charge in [0.25, 0.3) is 0 Å². The Morgan fingerprint density at radius 1 is 1.11 bits per heavy atom. The monoisotopic (exact) mass is 372 g/mol. The molecule has 2 aromatic rings. The number of alkyl halides is 1. The van der Waals surface area contributed by atoms with E-state index >= 15 is 0 Å². The third-order valence-corrected chi connectivity index (χ3v) is 4.12. The number of hydrogen-bond donors (Lipinski definition) is 0. The molecule has 0 aromatic heterocycles. The Balaban J connectivity index is 2.33. The number of ether oxygens (including phenoxy) is 1. The van der Waals surface area contributed by atoms with E-state index < -0.39 is 0 Å². The lowest BCUT2D eigenvalue weighted by Crippen LogP contribution is -1.97. The van der Waals surface area contributed by atoms with Crippen molar-refractivity contribution in [2.24, 2.45) is 0 Å². The van der Waals surface area contributed by atoms with Crippen molar-refractivity contribution in [2.75, 3.05) is 7.11 Å². The van der Waals surface area contributed by atoms with E-state index in [2.05, 4.69) is 53.8 Å². The Kier molecular flexibility index (Phi) is 4.51. The molecule has 0 spiro atoms. The summed E-state index contributed by atoms with van der Waals surface area (Å²) in [5.74, 6) is 0.864. The fourth-order valence-corrected chi connectivity index (χ4v) is 2.62. The van der Waals surface area contributed by atoms with Crippen LogP contribution >= 0.6 is 34.2 Å². The molecule has 2 rings (SSSR count). The second kappa shape index (κ2) is 5.93. The van der Waals surface area contributed by atoms with Gasteiger partial charge in [0.05, 0.1) is 12.5 Å². The van der Waals surface area contributed by atoms with Crippen LogP contribution in [-0.2, 0) is 0 Å². The van der Waals surface area contributed by atoms with Gasteiger partial charge >= 0.3 is 0 Å². The van der Waals surface area contributed by atoms with Crippen LogP contribution in [0.15, 0.2) is 42.5 Å². The van der Waals surface area contributed by atoms with Gasteiger partial charge in [-0.1, -0.05) is 18.2 Å². The Hall–Kier alpha value is -0.740. The van der Waals surface area contributed by atoms with Gasteiger partial charge < -0.3 is 4.74 Å². The molecule has 1 unspecified atom stereocenters. The van der Waals surface area contributed by atoms with E-state index in [1.54, 1.807) is 7.11 Å². The lowest BCUT2D eigenvalue weighted by molar-refractivity contribution is 0.414. The van der Waals surface area contributed by atoms with Gasteiger partial charge in [0.15, 0.2) is 0 Å². The van der Waals surface area contributed by atoms with E-state index in [4.69, 9.17) is 16.3 Å². The topological polar surface area (TPSA) is 9.23 Å². The van der Waals surface area contributed by atoms with Gasteiger partial charge in [-0.3, -0.25) is 0 Å². The SMILES string of the molecule is COc1ccc(C(Cl)c2ccc(I)cc2)c(C)c1. The van der Waals surface area contributed by atoms with Gasteiger partial charge in [0.1, 0.15) is 5.75 Å². The molecule has 0 fully saturated rings. The molecule has 0 radical (unpaired) electrons. The lowest BCUT2D eigenvalue weighted by atomic mass is 10.00. The molecule has 0 aliphatic carbocycles. The largest absolute Gasteiger partial charge is 0.497 e. The highest BCUT2D eigenvalue weighted by Gasteiger charge is 2.13. The van der Waals surface area contributed by atoms with Crippen molar-refractivity contribution in [2.45, 2.75) is 12.3 Å². The van der Waals surface area contributed by atoms with Crippen LogP contribution in [0.1, 0.15) is 22.1 Å². The molecule has 0 aliphatic heterocycles. The minimum atomic E-state index is -0.118. The zero-order valence-electron chi connectivity index (χ0n) is 10.3. The first-order valence-electron chi connectivity index (χ1n) is 5.66. The van der Waals surface area contributed by atoms with Crippen LogP contribution < -0.4 is 4.74 Å². The standard InChI is InChI=1S/C15H14ClIO/c1-10-9-13(18-2)7-8-14(10)15(16)11-3-5-12(17)6-4-11/h3-9,15H,1-2H3. The van der Waals surface area contributed by atoms with Crippen LogP contribution in [0.25, 0.3) is 0 Å². The molecule has 1 atom stereocenters. The highest BCUT2D eigenvalue weighted by atomic mass is 127. The van der Waals surface area contributed by atoms with Gasteiger partial charge in [0.2, 0.25) is 0 Å². The zero-order valence-corrected chi connectivity index (χ0v) is 13.2. The van der Waals surface area contributed by atoms with Crippen LogP contribution in [-0.4, -0.2) is 7.11 Å². The first kappa shape index (κ1) is 13.7. The summed E-state index contributed by atoms with van der Waals surface area (Å²) < 4.78 is 6.42. The average Bonchev–Trinajstić information content (AvgIpc) is 2.38. The maximum atomic E-state index is 6.54. The third-order valence-electron chi connectivity index (χ3n) is 2.91. The van der Waals surface area contributed by atoms with Crippen molar-refractivity contribution >= 4 is 34.2 Å². The second-order valence-corrected chi connectivity index (χ2v) is 5.82. The lowest BCUT2D eigenvalue weighted by Gasteiger charge is -2.14. The zero-order chi connectivity index (χ0) is 13.1. The minimum absolute atomic E-state index is 0.118. The average molecular weight is 373 g/mol. The Morgan fingerprint density at radius 2 is 1.78 bits per heavy atom. The van der Waals surface area contributed by atoms with Crippen molar-refractivity contribution in [3.63, 3.8) is 0 Å². The Labute approximate surface area is 126 Å². The van der Waals surface area contributed by atoms with Gasteiger partial charge in [0, 0.05) is 3.57 Å². The molecule has 94 valence electrons. The number of methoxy groups -OCH3 is 1. The molecule has 0 saturated heterocycles. The molecule has 0 heterocycles. The molecule has 0 aliphatic rings. The molecular weight excluding hydrogens is 359 g/mol. The molecule has 18 heavy (non-hydrogen) atoms. The summed E-state index contributed by atoms with van der Waals surface area (Å²) in [6.07, 6.45) is 0. The van der Waals surface area contributed by atoms with Gasteiger partial charge in [-0.2, -0.15) is 0 Å². The summed E-state index contributed by atoms with van der Waals surface area (Å²) in [5, 5.41) is -0.118. The van der Waals surface area contributed by atoms with Crippen molar-refractivity contribution in [1.82, 2.24) is 0 Å². The van der Waals surface area contributed by atoms with E-state index in [1.165, 1.54) is 3.57 Å². The maximum absolute atomic E-state index is 6.54. The molecule has 1 nitrogen and oxygen atoms in total. The normalized spacial score (nSPS) is 12.2. The van der Waals surface area contributed by atoms with Crippen LogP contribution in [0, 0.1) is 10.5 Å². The van der Waals surface area contributed by atoms with Crippen molar-refractivity contribution in [1.29, 1.82) is 0 Å². The van der Waals surface area contributed by atoms with Gasteiger partial charge in [-0.25, -0.2) is 0 Å². The van der Waals surface area contributed by atoms with Gasteiger partial charge in [-0.15, -0.1) is 11.6 Å². The molecule has 0 saturated carbocycles. The van der Waals surface area contributed by atoms with Crippen LogP contribution in [0.4, 0.5) is 0 Å². The molecule has 2 aromatic carbocycles. The Morgan fingerprint density at radius 3 is 2.33 bits per heavy atom. The first-order chi connectivity index (χ1) is 8.61. The number of aryl methyl sites for hydroxylation is 1. The summed E-state index contributed by atoms with van der Waals surface area (Å²) in [4.78, 5) is 0. The molecule has 0 N–H and O–H groups in total. The van der Waals surface area contributed by atoms with E-state index in [1.807, 2.05) is 18.2 Å². The second-order valence-electron chi connectivity index (χ2n) is 4.14. The summed E-state index contributed by atoms with van der Waals surface area (Å²) >= 11 is 8.83. The van der Waals surface area contributed by atoms with Crippen LogP contribution in [0.2, 0.25) is 0 Å². The number of rotatable bonds is 3. The van der Waals surface area contributed by atoms with Crippen molar-refractivity contribution < 1.29 is 4.74 Å². The highest BCUT2D eigenvalue weighted by Crippen LogP contribution is 2.32. The highest BCUT2D eigenvalue weighted by molar-refractivity contribution is 14.1. The fraction of sp³-hybridized carbons (Fsp3) is 0.200. The molecule has 0 amide bonds. The first-order valence-corrected chi connectivity index (χ1v) is 7.17. The summed E-state index contributed by atoms with van der Waals surface area (Å²) in [6, 6.07) is 14.3. The Bertz CT molecular complexity index is 537. The van der Waals surface area contributed by atoms with E-state index in [-0.39, 0.29) is 5.38 Å². The molecule has 3 heteroatoms. The van der Waals surface area contributed by atoms with Gasteiger partial charge in [-0.05, 0) is 70.5 Å². The summed E-state index contributed by atoms with van der Waals surface area (Å²) in [6.45, 7) is 2.06. The van der Waals surface area contributed by atoms with Crippen LogP contribution in [0.5, 0.6) is 5.75 Å². The molecular formula is C15H14ClIO.